The molecule has 0 fully saturated rings. The minimum absolute atomic E-state index is 0.610. The van der Waals surface area contributed by atoms with E-state index in [0.29, 0.717) is 18.9 Å². The van der Waals surface area contributed by atoms with Crippen molar-refractivity contribution in [3.63, 3.8) is 0 Å². The lowest BCUT2D eigenvalue weighted by molar-refractivity contribution is 0.311. The van der Waals surface area contributed by atoms with E-state index in [-0.39, 0.29) is 0 Å². The van der Waals surface area contributed by atoms with Crippen LogP contribution < -0.4 is 4.74 Å². The van der Waals surface area contributed by atoms with E-state index in [9.17, 15) is 0 Å². The molecule has 0 aliphatic rings. The maximum atomic E-state index is 5.98. The van der Waals surface area contributed by atoms with Crippen LogP contribution in [0.25, 0.3) is 10.8 Å². The summed E-state index contributed by atoms with van der Waals surface area (Å²) in [5.41, 5.74) is 3.28. The Kier molecular flexibility index (Phi) is 5.10. The third kappa shape index (κ3) is 3.76. The van der Waals surface area contributed by atoms with E-state index in [4.69, 9.17) is 9.26 Å². The van der Waals surface area contributed by atoms with Gasteiger partial charge in [-0.25, -0.2) is 0 Å². The average molecular weight is 376 g/mol. The second-order valence-corrected chi connectivity index (χ2v) is 6.98. The molecular formula is C22H24N4O2. The van der Waals surface area contributed by atoms with Gasteiger partial charge in [0.1, 0.15) is 5.75 Å². The van der Waals surface area contributed by atoms with Crippen LogP contribution in [-0.2, 0) is 19.9 Å². The van der Waals surface area contributed by atoms with Crippen LogP contribution in [0.15, 0.2) is 47.0 Å². The summed E-state index contributed by atoms with van der Waals surface area (Å²) < 4.78 is 13.3. The molecule has 0 unspecified atom stereocenters. The Morgan fingerprint density at radius 3 is 2.71 bits per heavy atom. The van der Waals surface area contributed by atoms with Crippen LogP contribution in [0, 0.1) is 13.8 Å². The molecule has 0 spiro atoms. The fraction of sp³-hybridized carbons (Fsp3) is 0.318. The summed E-state index contributed by atoms with van der Waals surface area (Å²) in [6.45, 7) is 4.67. The Hall–Kier alpha value is -3.15. The van der Waals surface area contributed by atoms with E-state index in [1.165, 1.54) is 5.39 Å². The van der Waals surface area contributed by atoms with Gasteiger partial charge in [-0.05, 0) is 31.7 Å². The molecule has 0 N–H and O–H groups in total. The molecule has 0 radical (unpaired) electrons. The number of hydrogen-bond donors (Lipinski definition) is 0. The largest absolute Gasteiger partial charge is 0.493 e. The highest BCUT2D eigenvalue weighted by molar-refractivity contribution is 5.88. The van der Waals surface area contributed by atoms with Gasteiger partial charge in [-0.1, -0.05) is 41.6 Å². The van der Waals surface area contributed by atoms with Crippen LogP contribution in [0.2, 0.25) is 0 Å². The van der Waals surface area contributed by atoms with Crippen LogP contribution in [0.4, 0.5) is 0 Å². The monoisotopic (exact) mass is 376 g/mol. The number of benzene rings is 2. The van der Waals surface area contributed by atoms with Crippen molar-refractivity contribution in [3.8, 4) is 5.75 Å². The maximum Gasteiger partial charge on any atom is 0.231 e. The summed E-state index contributed by atoms with van der Waals surface area (Å²) in [7, 11) is 1.95. The molecule has 2 heterocycles. The summed E-state index contributed by atoms with van der Waals surface area (Å²) in [6.07, 6.45) is 2.16. The zero-order chi connectivity index (χ0) is 19.5. The number of hydrogen-bond acceptors (Lipinski definition) is 5. The highest BCUT2D eigenvalue weighted by Crippen LogP contribution is 2.25. The number of aromatic nitrogens is 4. The third-order valence-electron chi connectivity index (χ3n) is 5.05. The van der Waals surface area contributed by atoms with Gasteiger partial charge in [-0.3, -0.25) is 4.68 Å². The summed E-state index contributed by atoms with van der Waals surface area (Å²) in [6, 6.07) is 14.4. The molecule has 4 rings (SSSR count). The lowest BCUT2D eigenvalue weighted by Crippen LogP contribution is -2.01. The number of nitrogens with zero attached hydrogens (tertiary/aromatic N) is 4. The number of rotatable bonds is 7. The molecule has 6 heteroatoms. The van der Waals surface area contributed by atoms with Crippen LogP contribution in [0.5, 0.6) is 5.75 Å². The Morgan fingerprint density at radius 1 is 1.07 bits per heavy atom. The molecule has 0 saturated carbocycles. The highest BCUT2D eigenvalue weighted by Gasteiger charge is 2.14. The molecule has 28 heavy (non-hydrogen) atoms. The van der Waals surface area contributed by atoms with Crippen LogP contribution in [0.1, 0.15) is 35.1 Å². The van der Waals surface area contributed by atoms with Gasteiger partial charge in [0.15, 0.2) is 5.82 Å². The van der Waals surface area contributed by atoms with Gasteiger partial charge in [-0.15, -0.1) is 0 Å². The quantitative estimate of drug-likeness (QED) is 0.453. The molecule has 0 aliphatic heterocycles. The van der Waals surface area contributed by atoms with Gasteiger partial charge in [0.05, 0.1) is 18.7 Å². The molecule has 0 bridgehead atoms. The summed E-state index contributed by atoms with van der Waals surface area (Å²) in [5.74, 6) is 2.26. The van der Waals surface area contributed by atoms with Crippen molar-refractivity contribution < 1.29 is 9.26 Å². The van der Waals surface area contributed by atoms with Crippen molar-refractivity contribution >= 4 is 10.8 Å². The van der Waals surface area contributed by atoms with Gasteiger partial charge < -0.3 is 9.26 Å². The predicted octanol–water partition coefficient (Wildman–Crippen LogP) is 4.18. The minimum Gasteiger partial charge on any atom is -0.493 e. The van der Waals surface area contributed by atoms with Gasteiger partial charge >= 0.3 is 0 Å². The van der Waals surface area contributed by atoms with Crippen molar-refractivity contribution in [2.24, 2.45) is 7.05 Å². The van der Waals surface area contributed by atoms with Crippen molar-refractivity contribution in [2.45, 2.75) is 33.1 Å². The van der Waals surface area contributed by atoms with E-state index in [0.717, 1.165) is 46.8 Å². The first-order valence-electron chi connectivity index (χ1n) is 9.53. The van der Waals surface area contributed by atoms with E-state index in [1.54, 1.807) is 0 Å². The van der Waals surface area contributed by atoms with Crippen LogP contribution in [0.3, 0.4) is 0 Å². The Morgan fingerprint density at radius 2 is 1.89 bits per heavy atom. The SMILES string of the molecule is Cc1nn(C)c(C)c1Cc1nc(CCCOc2cccc3ccccc23)no1. The molecule has 4 aromatic rings. The first kappa shape index (κ1) is 18.2. The lowest BCUT2D eigenvalue weighted by atomic mass is 10.1. The van der Waals surface area contributed by atoms with Crippen LogP contribution >= 0.6 is 0 Å². The second kappa shape index (κ2) is 7.84. The molecule has 0 amide bonds. The molecule has 0 atom stereocenters. The van der Waals surface area contributed by atoms with E-state index in [2.05, 4.69) is 40.4 Å². The molecule has 6 nitrogen and oxygen atoms in total. The normalized spacial score (nSPS) is 11.2. The third-order valence-corrected chi connectivity index (χ3v) is 5.05. The Bertz CT molecular complexity index is 1090. The van der Waals surface area contributed by atoms with Crippen molar-refractivity contribution in [3.05, 3.63) is 71.1 Å². The van der Waals surface area contributed by atoms with Gasteiger partial charge in [0.25, 0.3) is 0 Å². The molecular weight excluding hydrogens is 352 g/mol. The summed E-state index contributed by atoms with van der Waals surface area (Å²) in [4.78, 5) is 4.52. The smallest absolute Gasteiger partial charge is 0.231 e. The molecule has 2 aromatic carbocycles. The zero-order valence-electron chi connectivity index (χ0n) is 16.5. The molecule has 144 valence electrons. The summed E-state index contributed by atoms with van der Waals surface area (Å²) >= 11 is 0. The average Bonchev–Trinajstić information content (AvgIpc) is 3.25. The standard InChI is InChI=1S/C22H24N4O2/c1-15-19(16(2)26(3)24-15)14-22-23-21(25-28-22)12-7-13-27-20-11-6-9-17-8-4-5-10-18(17)20/h4-6,8-11H,7,12-14H2,1-3H3. The molecule has 2 aromatic heterocycles. The summed E-state index contributed by atoms with van der Waals surface area (Å²) in [5, 5.41) is 10.9. The number of aryl methyl sites for hydroxylation is 3. The molecule has 0 saturated heterocycles. The van der Waals surface area contributed by atoms with E-state index < -0.39 is 0 Å². The fourth-order valence-electron chi connectivity index (χ4n) is 3.42. The Labute approximate surface area is 164 Å². The maximum absolute atomic E-state index is 5.98. The Balaban J connectivity index is 1.32. The number of ether oxygens (including phenoxy) is 1. The predicted molar refractivity (Wildman–Crippen MR) is 108 cm³/mol. The minimum atomic E-state index is 0.610. The van der Waals surface area contributed by atoms with Crippen LogP contribution in [-0.4, -0.2) is 26.5 Å². The van der Waals surface area contributed by atoms with Crippen molar-refractivity contribution in [1.82, 2.24) is 19.9 Å². The first-order chi connectivity index (χ1) is 13.6. The van der Waals surface area contributed by atoms with Gasteiger partial charge in [0, 0.05) is 30.1 Å². The number of fused-ring (bicyclic) bond motifs is 1. The van der Waals surface area contributed by atoms with E-state index >= 15 is 0 Å². The van der Waals surface area contributed by atoms with Gasteiger partial charge in [0.2, 0.25) is 5.89 Å². The van der Waals surface area contributed by atoms with Crippen molar-refractivity contribution in [1.29, 1.82) is 0 Å². The first-order valence-corrected chi connectivity index (χ1v) is 9.53. The topological polar surface area (TPSA) is 66.0 Å². The second-order valence-electron chi connectivity index (χ2n) is 6.98. The zero-order valence-corrected chi connectivity index (χ0v) is 16.5. The fourth-order valence-corrected chi connectivity index (χ4v) is 3.42. The van der Waals surface area contributed by atoms with Gasteiger partial charge in [-0.2, -0.15) is 10.1 Å². The van der Waals surface area contributed by atoms with E-state index in [1.807, 2.05) is 42.9 Å². The lowest BCUT2D eigenvalue weighted by Gasteiger charge is -2.08. The van der Waals surface area contributed by atoms with Crippen molar-refractivity contribution in [2.75, 3.05) is 6.61 Å². The molecule has 0 aliphatic carbocycles. The highest BCUT2D eigenvalue weighted by atomic mass is 16.5.